The predicted octanol–water partition coefficient (Wildman–Crippen LogP) is 7.12. The van der Waals surface area contributed by atoms with Crippen molar-refractivity contribution in [3.8, 4) is 28.5 Å². The number of rotatable bonds is 6. The van der Waals surface area contributed by atoms with E-state index in [1.165, 1.54) is 6.92 Å². The van der Waals surface area contributed by atoms with E-state index in [0.717, 1.165) is 55.3 Å². The molecule has 200 valence electrons. The zero-order valence-corrected chi connectivity index (χ0v) is 23.1. The SMILES string of the molecule is CC(=O)Nc1cncc(-c2ccc3ncc4c(c(-c5ccc(C(C)(C)C#N)cc5)nn4Cc4ccccc4)c3c2)c1. The fraction of sp³-hybridized carbons (Fsp3) is 0.147. The first kappa shape index (κ1) is 25.9. The van der Waals surface area contributed by atoms with Gasteiger partial charge in [0.25, 0.3) is 0 Å². The van der Waals surface area contributed by atoms with E-state index in [1.807, 2.05) is 85.4 Å². The fourth-order valence-electron chi connectivity index (χ4n) is 5.09. The summed E-state index contributed by atoms with van der Waals surface area (Å²) in [5.74, 6) is -0.145. The van der Waals surface area contributed by atoms with E-state index >= 15 is 0 Å². The number of hydrogen-bond donors (Lipinski definition) is 1. The van der Waals surface area contributed by atoms with Crippen LogP contribution in [0.5, 0.6) is 0 Å². The van der Waals surface area contributed by atoms with Crippen LogP contribution in [-0.2, 0) is 16.8 Å². The van der Waals surface area contributed by atoms with E-state index in [4.69, 9.17) is 10.1 Å². The number of hydrogen-bond acceptors (Lipinski definition) is 5. The maximum Gasteiger partial charge on any atom is 0.221 e. The van der Waals surface area contributed by atoms with Gasteiger partial charge in [-0.1, -0.05) is 60.7 Å². The van der Waals surface area contributed by atoms with Gasteiger partial charge in [-0.3, -0.25) is 19.4 Å². The Morgan fingerprint density at radius 2 is 1.68 bits per heavy atom. The third-order valence-electron chi connectivity index (χ3n) is 7.31. The van der Waals surface area contributed by atoms with E-state index in [0.29, 0.717) is 12.2 Å². The monoisotopic (exact) mass is 536 g/mol. The lowest BCUT2D eigenvalue weighted by Crippen LogP contribution is -2.13. The lowest BCUT2D eigenvalue weighted by atomic mass is 9.86. The minimum atomic E-state index is -0.585. The second-order valence-corrected chi connectivity index (χ2v) is 10.7. The molecule has 0 bridgehead atoms. The Labute approximate surface area is 238 Å². The maximum absolute atomic E-state index is 11.6. The van der Waals surface area contributed by atoms with Crippen LogP contribution in [0.3, 0.4) is 0 Å². The molecule has 0 saturated heterocycles. The average molecular weight is 537 g/mol. The lowest BCUT2D eigenvalue weighted by molar-refractivity contribution is -0.114. The topological polar surface area (TPSA) is 96.5 Å². The van der Waals surface area contributed by atoms with E-state index in [-0.39, 0.29) is 5.91 Å². The molecule has 1 N–H and O–H groups in total. The molecule has 0 aliphatic carbocycles. The van der Waals surface area contributed by atoms with Crippen molar-refractivity contribution in [1.82, 2.24) is 19.7 Å². The zero-order valence-electron chi connectivity index (χ0n) is 23.1. The highest BCUT2D eigenvalue weighted by atomic mass is 16.1. The van der Waals surface area contributed by atoms with Crippen molar-refractivity contribution in [3.63, 3.8) is 0 Å². The minimum absolute atomic E-state index is 0.145. The summed E-state index contributed by atoms with van der Waals surface area (Å²) in [6, 6.07) is 28.8. The van der Waals surface area contributed by atoms with E-state index in [9.17, 15) is 10.1 Å². The first-order valence-corrected chi connectivity index (χ1v) is 13.4. The highest BCUT2D eigenvalue weighted by molar-refractivity contribution is 6.12. The smallest absolute Gasteiger partial charge is 0.221 e. The van der Waals surface area contributed by atoms with Crippen LogP contribution in [0.1, 0.15) is 31.9 Å². The molecule has 6 aromatic rings. The Morgan fingerprint density at radius 1 is 0.927 bits per heavy atom. The van der Waals surface area contributed by atoms with Crippen LogP contribution in [0, 0.1) is 11.3 Å². The van der Waals surface area contributed by atoms with Gasteiger partial charge >= 0.3 is 0 Å². The Balaban J connectivity index is 1.55. The van der Waals surface area contributed by atoms with Crippen molar-refractivity contribution >= 4 is 33.4 Å². The summed E-state index contributed by atoms with van der Waals surface area (Å²) in [5.41, 5.74) is 7.60. The molecular formula is C34H28N6O. The van der Waals surface area contributed by atoms with Crippen LogP contribution in [0.2, 0.25) is 0 Å². The largest absolute Gasteiger partial charge is 0.325 e. The molecule has 0 aliphatic heterocycles. The van der Waals surface area contributed by atoms with Gasteiger partial charge in [-0.2, -0.15) is 10.4 Å². The van der Waals surface area contributed by atoms with Crippen molar-refractivity contribution < 1.29 is 4.79 Å². The predicted molar refractivity (Wildman–Crippen MR) is 162 cm³/mol. The molecule has 41 heavy (non-hydrogen) atoms. The molecule has 3 heterocycles. The second kappa shape index (κ2) is 10.3. The van der Waals surface area contributed by atoms with Crippen LogP contribution < -0.4 is 5.32 Å². The number of nitrogens with zero attached hydrogens (tertiary/aromatic N) is 5. The van der Waals surface area contributed by atoms with Gasteiger partial charge in [-0.05, 0) is 48.7 Å². The number of pyridine rings is 2. The number of carbonyl (C=O) groups excluding carboxylic acids is 1. The molecular weight excluding hydrogens is 508 g/mol. The second-order valence-electron chi connectivity index (χ2n) is 10.7. The Bertz CT molecular complexity index is 1950. The maximum atomic E-state index is 11.6. The molecule has 0 radical (unpaired) electrons. The summed E-state index contributed by atoms with van der Waals surface area (Å²) in [7, 11) is 0. The molecule has 0 aliphatic rings. The Hall–Kier alpha value is -5.35. The molecule has 1 amide bonds. The summed E-state index contributed by atoms with van der Waals surface area (Å²) in [5, 5.41) is 19.5. The molecule has 3 aromatic carbocycles. The van der Waals surface area contributed by atoms with E-state index in [2.05, 4.69) is 34.6 Å². The van der Waals surface area contributed by atoms with Crippen molar-refractivity contribution in [2.24, 2.45) is 0 Å². The third-order valence-corrected chi connectivity index (χ3v) is 7.31. The van der Waals surface area contributed by atoms with Gasteiger partial charge in [0.1, 0.15) is 5.69 Å². The number of nitrogens with one attached hydrogen (secondary N) is 1. The molecule has 0 unspecified atom stereocenters. The number of anilines is 1. The van der Waals surface area contributed by atoms with Crippen LogP contribution >= 0.6 is 0 Å². The molecule has 0 fully saturated rings. The average Bonchev–Trinajstić information content (AvgIpc) is 3.36. The highest BCUT2D eigenvalue weighted by Gasteiger charge is 2.21. The molecule has 6 rings (SSSR count). The van der Waals surface area contributed by atoms with Gasteiger partial charge in [0.2, 0.25) is 5.91 Å². The number of fused-ring (bicyclic) bond motifs is 3. The van der Waals surface area contributed by atoms with Gasteiger partial charge in [-0.15, -0.1) is 0 Å². The molecule has 0 atom stereocenters. The van der Waals surface area contributed by atoms with E-state index < -0.39 is 5.41 Å². The van der Waals surface area contributed by atoms with Gasteiger partial charge in [0.05, 0.1) is 47.1 Å². The fourth-order valence-corrected chi connectivity index (χ4v) is 5.09. The van der Waals surface area contributed by atoms with Crippen LogP contribution in [0.15, 0.2) is 97.5 Å². The highest BCUT2D eigenvalue weighted by Crippen LogP contribution is 2.36. The number of carbonyl (C=O) groups is 1. The molecule has 0 saturated carbocycles. The van der Waals surface area contributed by atoms with Crippen molar-refractivity contribution in [2.75, 3.05) is 5.32 Å². The van der Waals surface area contributed by atoms with E-state index in [1.54, 1.807) is 12.4 Å². The molecule has 7 nitrogen and oxygen atoms in total. The Morgan fingerprint density at radius 3 is 2.41 bits per heavy atom. The van der Waals surface area contributed by atoms with Gasteiger partial charge < -0.3 is 5.32 Å². The minimum Gasteiger partial charge on any atom is -0.325 e. The first-order valence-electron chi connectivity index (χ1n) is 13.4. The lowest BCUT2D eigenvalue weighted by Gasteiger charge is -2.15. The normalized spacial score (nSPS) is 11.5. The van der Waals surface area contributed by atoms with Crippen LogP contribution in [0.25, 0.3) is 44.2 Å². The summed E-state index contributed by atoms with van der Waals surface area (Å²) < 4.78 is 2.01. The molecule has 0 spiro atoms. The quantitative estimate of drug-likeness (QED) is 0.244. The van der Waals surface area contributed by atoms with Crippen LogP contribution in [-0.4, -0.2) is 25.7 Å². The van der Waals surface area contributed by atoms with Crippen molar-refractivity contribution in [1.29, 1.82) is 5.26 Å². The number of benzene rings is 3. The van der Waals surface area contributed by atoms with Gasteiger partial charge in [-0.25, -0.2) is 0 Å². The Kier molecular flexibility index (Phi) is 6.52. The number of aromatic nitrogens is 4. The van der Waals surface area contributed by atoms with Crippen molar-refractivity contribution in [2.45, 2.75) is 32.7 Å². The zero-order chi connectivity index (χ0) is 28.6. The standard InChI is InChI=1S/C34H28N6O/c1-22(41)38-28-15-26(17-36-18-28)25-11-14-30-29(16-25)32-31(19-37-30)40(20-23-7-5-4-6-8-23)39-33(32)24-9-12-27(13-10-24)34(2,3)21-35/h4-19H,20H2,1-3H3,(H,38,41). The van der Waals surface area contributed by atoms with Crippen LogP contribution in [0.4, 0.5) is 5.69 Å². The van der Waals surface area contributed by atoms with Gasteiger partial charge in [0.15, 0.2) is 0 Å². The first-order chi connectivity index (χ1) is 19.8. The summed E-state index contributed by atoms with van der Waals surface area (Å²) in [6.07, 6.45) is 5.31. The van der Waals surface area contributed by atoms with Crippen molar-refractivity contribution in [3.05, 3.63) is 109 Å². The summed E-state index contributed by atoms with van der Waals surface area (Å²) in [6.45, 7) is 5.92. The summed E-state index contributed by atoms with van der Waals surface area (Å²) >= 11 is 0. The molecule has 7 heteroatoms. The molecule has 3 aromatic heterocycles. The third kappa shape index (κ3) is 5.04. The number of amides is 1. The summed E-state index contributed by atoms with van der Waals surface area (Å²) in [4.78, 5) is 20.7. The number of nitriles is 1. The van der Waals surface area contributed by atoms with Gasteiger partial charge in [0, 0.05) is 35.0 Å².